The zero-order chi connectivity index (χ0) is 26.4. The standard InChI is InChI=1S/C30H56O4Si2/c1-9-10-18-35(5,6)33-26(22-14-12-11-13-15-22)17-16-23-25-20-30(21-31)28(32-30)24(25)19-27(23)34-36(7,8)29(2,3)4/h16-17,22-28,31H,9-15,18-21H2,1-8H3/b17-16+/t23-,24-,25+,26+,27+,28?,30?/m0/s1. The molecule has 36 heavy (non-hydrogen) atoms. The van der Waals surface area contributed by atoms with Gasteiger partial charge in [-0.3, -0.25) is 0 Å². The second-order valence-electron chi connectivity index (χ2n) is 14.8. The Morgan fingerprint density at radius 2 is 1.78 bits per heavy atom. The molecule has 6 heteroatoms. The van der Waals surface area contributed by atoms with Gasteiger partial charge >= 0.3 is 0 Å². The highest BCUT2D eigenvalue weighted by Gasteiger charge is 2.71. The van der Waals surface area contributed by atoms with Gasteiger partial charge in [0.15, 0.2) is 16.6 Å². The number of hydrogen-bond donors (Lipinski definition) is 1. The van der Waals surface area contributed by atoms with Gasteiger partial charge in [-0.1, -0.05) is 72.0 Å². The summed E-state index contributed by atoms with van der Waals surface area (Å²) in [5.41, 5.74) is -0.252. The predicted molar refractivity (Wildman–Crippen MR) is 154 cm³/mol. The maximum atomic E-state index is 10.1. The summed E-state index contributed by atoms with van der Waals surface area (Å²) >= 11 is 0. The Hall–Kier alpha value is 0.0138. The third-order valence-electron chi connectivity index (χ3n) is 10.5. The number of epoxide rings is 1. The lowest BCUT2D eigenvalue weighted by Crippen LogP contribution is -2.45. The Morgan fingerprint density at radius 3 is 2.39 bits per heavy atom. The third kappa shape index (κ3) is 6.09. The number of fused-ring (bicyclic) bond motifs is 3. The van der Waals surface area contributed by atoms with Crippen LogP contribution in [0.4, 0.5) is 0 Å². The highest BCUT2D eigenvalue weighted by Crippen LogP contribution is 2.63. The summed E-state index contributed by atoms with van der Waals surface area (Å²) in [7, 11) is -3.59. The molecular formula is C30H56O4Si2. The van der Waals surface area contributed by atoms with E-state index in [-0.39, 0.29) is 35.6 Å². The van der Waals surface area contributed by atoms with Gasteiger partial charge in [0, 0.05) is 5.92 Å². The van der Waals surface area contributed by atoms with Crippen molar-refractivity contribution in [3.05, 3.63) is 12.2 Å². The van der Waals surface area contributed by atoms with E-state index in [0.717, 1.165) is 12.8 Å². The molecule has 3 saturated carbocycles. The van der Waals surface area contributed by atoms with Crippen LogP contribution in [0, 0.1) is 23.7 Å². The molecule has 4 nitrogen and oxygen atoms in total. The quantitative estimate of drug-likeness (QED) is 0.167. The van der Waals surface area contributed by atoms with E-state index >= 15 is 0 Å². The summed E-state index contributed by atoms with van der Waals surface area (Å²) < 4.78 is 20.3. The van der Waals surface area contributed by atoms with E-state index in [4.69, 9.17) is 13.6 Å². The minimum Gasteiger partial charge on any atom is -0.413 e. The van der Waals surface area contributed by atoms with Crippen molar-refractivity contribution in [2.75, 3.05) is 6.61 Å². The first kappa shape index (κ1) is 29.0. The molecule has 0 aromatic rings. The number of ether oxygens (including phenoxy) is 1. The van der Waals surface area contributed by atoms with E-state index in [1.807, 2.05) is 0 Å². The number of unbranched alkanes of at least 4 members (excludes halogenated alkanes) is 1. The zero-order valence-corrected chi connectivity index (χ0v) is 26.6. The molecule has 0 amide bonds. The minimum atomic E-state index is -1.89. The van der Waals surface area contributed by atoms with Crippen molar-refractivity contribution in [1.29, 1.82) is 0 Å². The van der Waals surface area contributed by atoms with Crippen LogP contribution in [0.25, 0.3) is 0 Å². The number of aliphatic hydroxyl groups is 1. The Morgan fingerprint density at radius 1 is 1.08 bits per heavy atom. The first-order valence-corrected chi connectivity index (χ1v) is 21.2. The van der Waals surface area contributed by atoms with E-state index < -0.39 is 16.6 Å². The van der Waals surface area contributed by atoms with E-state index in [9.17, 15) is 5.11 Å². The van der Waals surface area contributed by atoms with E-state index in [1.54, 1.807) is 0 Å². The molecule has 208 valence electrons. The van der Waals surface area contributed by atoms with Crippen molar-refractivity contribution in [2.24, 2.45) is 23.7 Å². The van der Waals surface area contributed by atoms with E-state index in [1.165, 1.54) is 51.0 Å². The van der Waals surface area contributed by atoms with Crippen LogP contribution in [-0.4, -0.2) is 52.3 Å². The van der Waals surface area contributed by atoms with Crippen LogP contribution >= 0.6 is 0 Å². The first-order chi connectivity index (χ1) is 16.8. The molecule has 0 aromatic heterocycles. The maximum absolute atomic E-state index is 10.1. The van der Waals surface area contributed by atoms with Gasteiger partial charge < -0.3 is 18.7 Å². The van der Waals surface area contributed by atoms with Crippen molar-refractivity contribution in [3.8, 4) is 0 Å². The molecule has 4 aliphatic rings. The minimum absolute atomic E-state index is 0.167. The smallest absolute Gasteiger partial charge is 0.192 e. The van der Waals surface area contributed by atoms with Gasteiger partial charge in [-0.15, -0.1) is 0 Å². The van der Waals surface area contributed by atoms with Gasteiger partial charge in [0.1, 0.15) is 5.60 Å². The van der Waals surface area contributed by atoms with Gasteiger partial charge in [0.25, 0.3) is 0 Å². The van der Waals surface area contributed by atoms with Crippen LogP contribution in [0.2, 0.25) is 37.3 Å². The predicted octanol–water partition coefficient (Wildman–Crippen LogP) is 7.69. The first-order valence-electron chi connectivity index (χ1n) is 15.2. The van der Waals surface area contributed by atoms with E-state index in [0.29, 0.717) is 23.7 Å². The molecule has 4 fully saturated rings. The second kappa shape index (κ2) is 10.9. The zero-order valence-electron chi connectivity index (χ0n) is 24.6. The summed E-state index contributed by atoms with van der Waals surface area (Å²) in [5, 5.41) is 10.3. The Balaban J connectivity index is 1.56. The summed E-state index contributed by atoms with van der Waals surface area (Å²) in [4.78, 5) is 0. The fourth-order valence-electron chi connectivity index (χ4n) is 7.22. The topological polar surface area (TPSA) is 51.2 Å². The van der Waals surface area contributed by atoms with Crippen LogP contribution in [0.5, 0.6) is 0 Å². The molecule has 0 bridgehead atoms. The van der Waals surface area contributed by atoms with Gasteiger partial charge in [0.2, 0.25) is 0 Å². The van der Waals surface area contributed by atoms with Gasteiger partial charge in [0.05, 0.1) is 24.9 Å². The van der Waals surface area contributed by atoms with Crippen LogP contribution in [0.15, 0.2) is 12.2 Å². The molecule has 2 unspecified atom stereocenters. The molecule has 1 aliphatic heterocycles. The third-order valence-corrected chi connectivity index (χ3v) is 17.5. The monoisotopic (exact) mass is 536 g/mol. The van der Waals surface area contributed by atoms with Crippen molar-refractivity contribution < 1.29 is 18.7 Å². The molecule has 3 aliphatic carbocycles. The Bertz CT molecular complexity index is 769. The molecule has 0 spiro atoms. The normalized spacial score (nSPS) is 36.3. The van der Waals surface area contributed by atoms with Crippen LogP contribution < -0.4 is 0 Å². The molecule has 4 rings (SSSR count). The summed E-state index contributed by atoms with van der Waals surface area (Å²) in [6.45, 7) is 19.1. The lowest BCUT2D eigenvalue weighted by atomic mass is 9.84. The summed E-state index contributed by atoms with van der Waals surface area (Å²) in [6, 6.07) is 1.25. The van der Waals surface area contributed by atoms with Crippen molar-refractivity contribution in [1.82, 2.24) is 0 Å². The van der Waals surface area contributed by atoms with Gasteiger partial charge in [-0.05, 0) is 80.7 Å². The lowest BCUT2D eigenvalue weighted by Gasteiger charge is -2.40. The number of hydrogen-bond acceptors (Lipinski definition) is 4. The Kier molecular flexibility index (Phi) is 8.77. The maximum Gasteiger partial charge on any atom is 0.192 e. The molecule has 1 saturated heterocycles. The van der Waals surface area contributed by atoms with Crippen molar-refractivity contribution >= 4 is 16.6 Å². The summed E-state index contributed by atoms with van der Waals surface area (Å²) in [6.07, 6.45) is 17.0. The lowest BCUT2D eigenvalue weighted by molar-refractivity contribution is 0.109. The Labute approximate surface area is 224 Å². The van der Waals surface area contributed by atoms with Crippen LogP contribution in [-0.2, 0) is 13.6 Å². The molecule has 1 heterocycles. The highest BCUT2D eigenvalue weighted by molar-refractivity contribution is 6.74. The van der Waals surface area contributed by atoms with Crippen molar-refractivity contribution in [3.63, 3.8) is 0 Å². The van der Waals surface area contributed by atoms with Gasteiger partial charge in [-0.25, -0.2) is 0 Å². The van der Waals surface area contributed by atoms with E-state index in [2.05, 4.69) is 66.0 Å². The second-order valence-corrected chi connectivity index (χ2v) is 23.8. The molecule has 1 N–H and O–H groups in total. The largest absolute Gasteiger partial charge is 0.413 e. The fourth-order valence-corrected chi connectivity index (χ4v) is 10.9. The average molecular weight is 537 g/mol. The molecule has 0 aromatic carbocycles. The van der Waals surface area contributed by atoms with Gasteiger partial charge in [-0.2, -0.15) is 0 Å². The highest BCUT2D eigenvalue weighted by atomic mass is 28.4. The van der Waals surface area contributed by atoms with Crippen LogP contribution in [0.3, 0.4) is 0 Å². The van der Waals surface area contributed by atoms with Crippen LogP contribution in [0.1, 0.15) is 85.5 Å². The SMILES string of the molecule is CCCC[Si](C)(C)O[C@H](/C=C/[C@H]1[C@H]2CC3(CO)OC3[C@H]2C[C@H]1O[Si](C)(C)C(C)(C)C)C1CCCCC1. The molecule has 0 radical (unpaired) electrons. The summed E-state index contributed by atoms with van der Waals surface area (Å²) in [5.74, 6) is 2.13. The fraction of sp³-hybridized carbons (Fsp3) is 0.933. The van der Waals surface area contributed by atoms with Crippen molar-refractivity contribution in [2.45, 2.75) is 147 Å². The average Bonchev–Trinajstić information content (AvgIpc) is 3.31. The number of rotatable bonds is 11. The number of aliphatic hydroxyl groups excluding tert-OH is 1. The molecular weight excluding hydrogens is 480 g/mol. The molecule has 7 atom stereocenters.